The lowest BCUT2D eigenvalue weighted by Crippen LogP contribution is -2.11. The summed E-state index contributed by atoms with van der Waals surface area (Å²) >= 11 is 0. The number of ether oxygens (including phenoxy) is 1. The van der Waals surface area contributed by atoms with E-state index in [1.165, 1.54) is 13.2 Å². The summed E-state index contributed by atoms with van der Waals surface area (Å²) in [6.45, 7) is 3.58. The van der Waals surface area contributed by atoms with E-state index >= 15 is 0 Å². The van der Waals surface area contributed by atoms with Crippen molar-refractivity contribution in [3.8, 4) is 17.6 Å². The van der Waals surface area contributed by atoms with Gasteiger partial charge in [0.15, 0.2) is 11.5 Å². The second kappa shape index (κ2) is 6.79. The highest BCUT2D eigenvalue weighted by Gasteiger charge is 2.18. The predicted molar refractivity (Wildman–Crippen MR) is 68.4 cm³/mol. The van der Waals surface area contributed by atoms with Gasteiger partial charge in [0.25, 0.3) is 0 Å². The van der Waals surface area contributed by atoms with Gasteiger partial charge >= 0.3 is 0 Å². The minimum absolute atomic E-state index is 0. The Balaban J connectivity index is 0.00000256. The fraction of sp³-hybridized carbons (Fsp3) is 0.250. The van der Waals surface area contributed by atoms with Crippen LogP contribution in [0.3, 0.4) is 0 Å². The maximum atomic E-state index is 9.91. The van der Waals surface area contributed by atoms with E-state index in [0.29, 0.717) is 23.3 Å². The van der Waals surface area contributed by atoms with Gasteiger partial charge in [0, 0.05) is 11.6 Å². The van der Waals surface area contributed by atoms with Crippen LogP contribution in [0.25, 0.3) is 0 Å². The molecule has 0 unspecified atom stereocenters. The van der Waals surface area contributed by atoms with E-state index in [1.807, 2.05) is 6.07 Å². The van der Waals surface area contributed by atoms with Gasteiger partial charge in [-0.05, 0) is 18.6 Å². The Morgan fingerprint density at radius 3 is 2.76 bits per heavy atom. The monoisotopic (exact) mass is 254 g/mol. The molecule has 0 amide bonds. The van der Waals surface area contributed by atoms with Crippen molar-refractivity contribution in [2.75, 3.05) is 7.11 Å². The van der Waals surface area contributed by atoms with Crippen LogP contribution >= 0.6 is 12.4 Å². The number of nitrogens with zero attached hydrogens (tertiary/aromatic N) is 1. The predicted octanol–water partition coefficient (Wildman–Crippen LogP) is 2.27. The number of halogens is 1. The molecule has 0 aliphatic heterocycles. The van der Waals surface area contributed by atoms with Gasteiger partial charge in [-0.25, -0.2) is 0 Å². The molecule has 0 heterocycles. The number of nitriles is 1. The normalized spacial score (nSPS) is 10.9. The summed E-state index contributed by atoms with van der Waals surface area (Å²) in [6, 6.07) is 4.66. The number of aromatic hydroxyl groups is 1. The molecule has 1 aromatic carbocycles. The zero-order valence-corrected chi connectivity index (χ0v) is 10.3. The molecule has 0 spiro atoms. The summed E-state index contributed by atoms with van der Waals surface area (Å²) in [6.07, 6.45) is 2.13. The number of hydrogen-bond acceptors (Lipinski definition) is 4. The molecule has 1 rings (SSSR count). The minimum atomic E-state index is -0.456. The second-order valence-corrected chi connectivity index (χ2v) is 3.32. The van der Waals surface area contributed by atoms with Gasteiger partial charge < -0.3 is 15.6 Å². The molecule has 0 saturated heterocycles. The fourth-order valence-corrected chi connectivity index (χ4v) is 1.52. The van der Waals surface area contributed by atoms with E-state index in [1.54, 1.807) is 12.1 Å². The van der Waals surface area contributed by atoms with Crippen molar-refractivity contribution in [3.05, 3.63) is 35.9 Å². The topological polar surface area (TPSA) is 79.3 Å². The average molecular weight is 255 g/mol. The number of hydrogen-bond donors (Lipinski definition) is 2. The number of phenols is 1. The third-order valence-corrected chi connectivity index (χ3v) is 2.31. The summed E-state index contributed by atoms with van der Waals surface area (Å²) in [7, 11) is 1.45. The lowest BCUT2D eigenvalue weighted by Gasteiger charge is -2.15. The highest BCUT2D eigenvalue weighted by atomic mass is 35.5. The van der Waals surface area contributed by atoms with Gasteiger partial charge in [-0.3, -0.25) is 0 Å². The minimum Gasteiger partial charge on any atom is -0.504 e. The van der Waals surface area contributed by atoms with E-state index in [4.69, 9.17) is 15.7 Å². The molecule has 0 bridgehead atoms. The number of phenolic OH excluding ortho intramolecular Hbond substituents is 1. The quantitative estimate of drug-likeness (QED) is 0.808. The Labute approximate surface area is 107 Å². The van der Waals surface area contributed by atoms with E-state index < -0.39 is 6.04 Å². The molecular formula is C12H15ClN2O2. The first-order chi connectivity index (χ1) is 7.65. The molecule has 17 heavy (non-hydrogen) atoms. The lowest BCUT2D eigenvalue weighted by molar-refractivity contribution is 0.368. The van der Waals surface area contributed by atoms with E-state index in [0.717, 1.165) is 0 Å². The molecular weight excluding hydrogens is 240 g/mol. The van der Waals surface area contributed by atoms with Gasteiger partial charge in [0.1, 0.15) is 0 Å². The van der Waals surface area contributed by atoms with Crippen LogP contribution in [0, 0.1) is 11.3 Å². The summed E-state index contributed by atoms with van der Waals surface area (Å²) in [4.78, 5) is 0. The lowest BCUT2D eigenvalue weighted by atomic mass is 9.97. The van der Waals surface area contributed by atoms with Gasteiger partial charge in [-0.15, -0.1) is 19.0 Å². The molecule has 0 saturated carbocycles. The van der Waals surface area contributed by atoms with Crippen molar-refractivity contribution >= 4 is 12.4 Å². The van der Waals surface area contributed by atoms with E-state index in [-0.39, 0.29) is 18.2 Å². The van der Waals surface area contributed by atoms with Crippen LogP contribution in [0.1, 0.15) is 23.6 Å². The van der Waals surface area contributed by atoms with Gasteiger partial charge in [-0.2, -0.15) is 5.26 Å². The highest BCUT2D eigenvalue weighted by molar-refractivity contribution is 5.85. The average Bonchev–Trinajstić information content (AvgIpc) is 2.28. The summed E-state index contributed by atoms with van der Waals surface area (Å²) in [5, 5.41) is 18.8. The first-order valence-electron chi connectivity index (χ1n) is 4.82. The molecule has 0 aliphatic rings. The van der Waals surface area contributed by atoms with Crippen LogP contribution in [-0.2, 0) is 0 Å². The number of methoxy groups -OCH3 is 1. The molecule has 92 valence electrons. The van der Waals surface area contributed by atoms with Crippen molar-refractivity contribution in [3.63, 3.8) is 0 Å². The molecule has 0 radical (unpaired) electrons. The fourth-order valence-electron chi connectivity index (χ4n) is 1.52. The Bertz CT molecular complexity index is 441. The molecule has 3 N–H and O–H groups in total. The Hall–Kier alpha value is -1.70. The Morgan fingerprint density at radius 2 is 2.29 bits per heavy atom. The largest absolute Gasteiger partial charge is 0.504 e. The van der Waals surface area contributed by atoms with Crippen molar-refractivity contribution in [1.82, 2.24) is 0 Å². The standard InChI is InChI=1S/C12H14N2O2.ClH/c1-3-4-9(14)11-8(7-13)5-6-10(16-2)12(11)15;/h3,5-6,9,15H,1,4,14H2,2H3;1H/t9-;/m1./s1. The van der Waals surface area contributed by atoms with Gasteiger partial charge in [0.05, 0.1) is 18.7 Å². The Morgan fingerprint density at radius 1 is 1.65 bits per heavy atom. The summed E-state index contributed by atoms with van der Waals surface area (Å²) < 4.78 is 4.97. The van der Waals surface area contributed by atoms with E-state index in [9.17, 15) is 5.11 Å². The third-order valence-electron chi connectivity index (χ3n) is 2.31. The van der Waals surface area contributed by atoms with Crippen molar-refractivity contribution in [2.24, 2.45) is 5.73 Å². The smallest absolute Gasteiger partial charge is 0.163 e. The highest BCUT2D eigenvalue weighted by Crippen LogP contribution is 2.36. The molecule has 1 atom stereocenters. The Kier molecular flexibility index (Phi) is 6.11. The second-order valence-electron chi connectivity index (χ2n) is 3.32. The number of benzene rings is 1. The van der Waals surface area contributed by atoms with Crippen LogP contribution < -0.4 is 10.5 Å². The SMILES string of the molecule is C=CC[C@@H](N)c1c(C#N)ccc(OC)c1O.Cl. The molecule has 5 heteroatoms. The number of rotatable bonds is 4. The molecule has 1 aromatic rings. The maximum Gasteiger partial charge on any atom is 0.163 e. The summed E-state index contributed by atoms with van der Waals surface area (Å²) in [5.74, 6) is 0.240. The van der Waals surface area contributed by atoms with Crippen LogP contribution in [-0.4, -0.2) is 12.2 Å². The van der Waals surface area contributed by atoms with Crippen LogP contribution in [0.4, 0.5) is 0 Å². The number of nitrogens with two attached hydrogens (primary N) is 1. The zero-order valence-electron chi connectivity index (χ0n) is 9.51. The zero-order chi connectivity index (χ0) is 12.1. The third kappa shape index (κ3) is 3.13. The molecule has 0 aromatic heterocycles. The van der Waals surface area contributed by atoms with Crippen LogP contribution in [0.15, 0.2) is 24.8 Å². The van der Waals surface area contributed by atoms with Crippen LogP contribution in [0.5, 0.6) is 11.5 Å². The molecule has 0 fully saturated rings. The van der Waals surface area contributed by atoms with Gasteiger partial charge in [-0.1, -0.05) is 6.08 Å². The van der Waals surface area contributed by atoms with Gasteiger partial charge in [0.2, 0.25) is 0 Å². The summed E-state index contributed by atoms with van der Waals surface area (Å²) in [5.41, 5.74) is 6.63. The van der Waals surface area contributed by atoms with Crippen molar-refractivity contribution in [1.29, 1.82) is 5.26 Å². The maximum absolute atomic E-state index is 9.91. The van der Waals surface area contributed by atoms with E-state index in [2.05, 4.69) is 6.58 Å². The van der Waals surface area contributed by atoms with Crippen molar-refractivity contribution in [2.45, 2.75) is 12.5 Å². The first-order valence-corrected chi connectivity index (χ1v) is 4.82. The molecule has 4 nitrogen and oxygen atoms in total. The molecule has 0 aliphatic carbocycles. The van der Waals surface area contributed by atoms with Crippen LogP contribution in [0.2, 0.25) is 0 Å². The first kappa shape index (κ1) is 15.3. The van der Waals surface area contributed by atoms with Crippen molar-refractivity contribution < 1.29 is 9.84 Å².